The zero-order valence-electron chi connectivity index (χ0n) is 7.51. The first-order valence-electron chi connectivity index (χ1n) is 4.03. The minimum atomic E-state index is -1.17. The van der Waals surface area contributed by atoms with Crippen LogP contribution in [0.2, 0.25) is 10.0 Å². The average Bonchev–Trinajstić information content (AvgIpc) is 2.13. The Balaban J connectivity index is 2.95. The summed E-state index contributed by atoms with van der Waals surface area (Å²) in [6, 6.07) is 1.21. The first-order chi connectivity index (χ1) is 6.91. The van der Waals surface area contributed by atoms with Crippen LogP contribution in [0, 0.1) is 5.82 Å². The standard InChI is InChI=1S/C9H8Cl2FNO2/c10-5-3-6(11)7(12)1-4(5)2-8(13)9(14)15/h1,3,8H,2,13H2,(H,14,15). The number of benzene rings is 1. The van der Waals surface area contributed by atoms with Crippen LogP contribution in [0.5, 0.6) is 0 Å². The highest BCUT2D eigenvalue weighted by atomic mass is 35.5. The Hall–Kier alpha value is -0.840. The molecule has 1 aromatic carbocycles. The second kappa shape index (κ2) is 4.79. The Kier molecular flexibility index (Phi) is 3.90. The van der Waals surface area contributed by atoms with Crippen LogP contribution in [0.4, 0.5) is 4.39 Å². The van der Waals surface area contributed by atoms with E-state index in [9.17, 15) is 9.18 Å². The largest absolute Gasteiger partial charge is 0.480 e. The lowest BCUT2D eigenvalue weighted by atomic mass is 10.1. The summed E-state index contributed by atoms with van der Waals surface area (Å²) in [5.74, 6) is -1.81. The topological polar surface area (TPSA) is 63.3 Å². The molecule has 3 nitrogen and oxygen atoms in total. The van der Waals surface area contributed by atoms with E-state index in [2.05, 4.69) is 0 Å². The second-order valence-electron chi connectivity index (χ2n) is 3.01. The van der Waals surface area contributed by atoms with Crippen molar-refractivity contribution < 1.29 is 14.3 Å². The van der Waals surface area contributed by atoms with Crippen LogP contribution in [0.15, 0.2) is 12.1 Å². The molecule has 0 spiro atoms. The third-order valence-electron chi connectivity index (χ3n) is 1.85. The minimum absolute atomic E-state index is 0.0394. The van der Waals surface area contributed by atoms with Crippen molar-refractivity contribution in [3.8, 4) is 0 Å². The van der Waals surface area contributed by atoms with Gasteiger partial charge in [-0.25, -0.2) is 4.39 Å². The van der Waals surface area contributed by atoms with Crippen molar-refractivity contribution in [2.24, 2.45) is 5.73 Å². The molecule has 0 aromatic heterocycles. The number of rotatable bonds is 3. The van der Waals surface area contributed by atoms with Gasteiger partial charge in [0.25, 0.3) is 0 Å². The van der Waals surface area contributed by atoms with E-state index in [0.29, 0.717) is 5.56 Å². The van der Waals surface area contributed by atoms with Gasteiger partial charge in [-0.1, -0.05) is 23.2 Å². The highest BCUT2D eigenvalue weighted by Gasteiger charge is 2.15. The van der Waals surface area contributed by atoms with Crippen LogP contribution in [-0.2, 0) is 11.2 Å². The number of carboxylic acid groups (broad SMARTS) is 1. The third-order valence-corrected chi connectivity index (χ3v) is 2.49. The molecule has 1 rings (SSSR count). The second-order valence-corrected chi connectivity index (χ2v) is 3.82. The molecule has 0 heterocycles. The molecular formula is C9H8Cl2FNO2. The van der Waals surface area contributed by atoms with Gasteiger partial charge in [-0.3, -0.25) is 4.79 Å². The molecule has 15 heavy (non-hydrogen) atoms. The van der Waals surface area contributed by atoms with Crippen molar-refractivity contribution in [1.82, 2.24) is 0 Å². The highest BCUT2D eigenvalue weighted by molar-refractivity contribution is 6.35. The summed E-state index contributed by atoms with van der Waals surface area (Å²) in [4.78, 5) is 10.5. The molecule has 0 saturated heterocycles. The van der Waals surface area contributed by atoms with Crippen LogP contribution >= 0.6 is 23.2 Å². The van der Waals surface area contributed by atoms with Gasteiger partial charge in [-0.15, -0.1) is 0 Å². The van der Waals surface area contributed by atoms with Gasteiger partial charge in [-0.2, -0.15) is 0 Å². The van der Waals surface area contributed by atoms with Crippen molar-refractivity contribution >= 4 is 29.2 Å². The van der Waals surface area contributed by atoms with Crippen LogP contribution in [0.1, 0.15) is 5.56 Å². The Morgan fingerprint density at radius 3 is 2.60 bits per heavy atom. The first kappa shape index (κ1) is 12.2. The van der Waals surface area contributed by atoms with Gasteiger partial charge in [0.1, 0.15) is 11.9 Å². The lowest BCUT2D eigenvalue weighted by molar-refractivity contribution is -0.138. The fourth-order valence-corrected chi connectivity index (χ4v) is 1.50. The predicted octanol–water partition coefficient (Wildman–Crippen LogP) is 2.09. The van der Waals surface area contributed by atoms with E-state index in [1.54, 1.807) is 0 Å². The zero-order valence-corrected chi connectivity index (χ0v) is 9.02. The molecule has 0 bridgehead atoms. The number of nitrogens with two attached hydrogens (primary N) is 1. The molecule has 82 valence electrons. The Morgan fingerprint density at radius 2 is 2.07 bits per heavy atom. The first-order valence-corrected chi connectivity index (χ1v) is 4.79. The maximum atomic E-state index is 13.0. The minimum Gasteiger partial charge on any atom is -0.480 e. The molecule has 0 fully saturated rings. The summed E-state index contributed by atoms with van der Waals surface area (Å²) in [5.41, 5.74) is 5.62. The van der Waals surface area contributed by atoms with E-state index in [1.165, 1.54) is 6.07 Å². The summed E-state index contributed by atoms with van der Waals surface area (Å²) < 4.78 is 13.0. The molecule has 1 unspecified atom stereocenters. The number of hydrogen-bond acceptors (Lipinski definition) is 2. The zero-order chi connectivity index (χ0) is 11.6. The highest BCUT2D eigenvalue weighted by Crippen LogP contribution is 2.25. The fourth-order valence-electron chi connectivity index (χ4n) is 1.04. The van der Waals surface area contributed by atoms with Crippen LogP contribution < -0.4 is 5.73 Å². The number of carboxylic acids is 1. The Morgan fingerprint density at radius 1 is 1.47 bits per heavy atom. The van der Waals surface area contributed by atoms with E-state index >= 15 is 0 Å². The van der Waals surface area contributed by atoms with Gasteiger partial charge in [0.2, 0.25) is 0 Å². The normalized spacial score (nSPS) is 12.5. The van der Waals surface area contributed by atoms with Gasteiger partial charge in [-0.05, 0) is 24.1 Å². The van der Waals surface area contributed by atoms with Crippen molar-refractivity contribution in [2.45, 2.75) is 12.5 Å². The van der Waals surface area contributed by atoms with E-state index < -0.39 is 17.8 Å². The molecule has 1 aromatic rings. The van der Waals surface area contributed by atoms with Crippen molar-refractivity contribution in [3.05, 3.63) is 33.6 Å². The van der Waals surface area contributed by atoms with Gasteiger partial charge in [0.05, 0.1) is 5.02 Å². The summed E-state index contributed by atoms with van der Waals surface area (Å²) in [7, 11) is 0. The molecule has 0 saturated carbocycles. The van der Waals surface area contributed by atoms with Crippen molar-refractivity contribution in [1.29, 1.82) is 0 Å². The van der Waals surface area contributed by atoms with E-state index in [4.69, 9.17) is 34.0 Å². The average molecular weight is 252 g/mol. The van der Waals surface area contributed by atoms with E-state index in [0.717, 1.165) is 6.07 Å². The SMILES string of the molecule is NC(Cc1cc(F)c(Cl)cc1Cl)C(=O)O. The summed E-state index contributed by atoms with van der Waals surface area (Å²) >= 11 is 11.2. The summed E-state index contributed by atoms with van der Waals surface area (Å²) in [6.45, 7) is 0. The summed E-state index contributed by atoms with van der Waals surface area (Å²) in [6.07, 6.45) is -0.0394. The molecule has 0 aliphatic heterocycles. The van der Waals surface area contributed by atoms with Gasteiger partial charge in [0, 0.05) is 5.02 Å². The predicted molar refractivity (Wildman–Crippen MR) is 55.7 cm³/mol. The molecule has 3 N–H and O–H groups in total. The lowest BCUT2D eigenvalue weighted by Gasteiger charge is -2.08. The van der Waals surface area contributed by atoms with Crippen LogP contribution in [-0.4, -0.2) is 17.1 Å². The van der Waals surface area contributed by atoms with Crippen molar-refractivity contribution in [2.75, 3.05) is 0 Å². The van der Waals surface area contributed by atoms with Crippen LogP contribution in [0.3, 0.4) is 0 Å². The van der Waals surface area contributed by atoms with Gasteiger partial charge >= 0.3 is 5.97 Å². The molecule has 1 atom stereocenters. The quantitative estimate of drug-likeness (QED) is 0.809. The van der Waals surface area contributed by atoms with Gasteiger partial charge in [0.15, 0.2) is 0 Å². The molecule has 6 heteroatoms. The smallest absolute Gasteiger partial charge is 0.320 e. The molecule has 0 aliphatic rings. The number of carbonyl (C=O) groups is 1. The molecule has 0 radical (unpaired) electrons. The maximum absolute atomic E-state index is 13.0. The number of hydrogen-bond donors (Lipinski definition) is 2. The third kappa shape index (κ3) is 3.06. The van der Waals surface area contributed by atoms with Gasteiger partial charge < -0.3 is 10.8 Å². The Bertz CT molecular complexity index is 398. The van der Waals surface area contributed by atoms with E-state index in [1.807, 2.05) is 0 Å². The molecule has 0 aliphatic carbocycles. The summed E-state index contributed by atoms with van der Waals surface area (Å²) in [5, 5.41) is 8.67. The van der Waals surface area contributed by atoms with Crippen LogP contribution in [0.25, 0.3) is 0 Å². The maximum Gasteiger partial charge on any atom is 0.320 e. The van der Waals surface area contributed by atoms with E-state index in [-0.39, 0.29) is 16.5 Å². The number of aliphatic carboxylic acids is 1. The number of halogens is 3. The molecular weight excluding hydrogens is 244 g/mol. The monoisotopic (exact) mass is 251 g/mol. The Labute approximate surface area is 95.6 Å². The molecule has 0 amide bonds. The van der Waals surface area contributed by atoms with Crippen molar-refractivity contribution in [3.63, 3.8) is 0 Å². The fraction of sp³-hybridized carbons (Fsp3) is 0.222. The lowest BCUT2D eigenvalue weighted by Crippen LogP contribution is -2.32.